The van der Waals surface area contributed by atoms with Crippen molar-refractivity contribution in [3.8, 4) is 0 Å². The van der Waals surface area contributed by atoms with Gasteiger partial charge in [-0.1, -0.05) is 23.8 Å². The molecule has 0 N–H and O–H groups in total. The van der Waals surface area contributed by atoms with Crippen molar-refractivity contribution < 1.29 is 18.9 Å². The molecule has 0 radical (unpaired) electrons. The van der Waals surface area contributed by atoms with Gasteiger partial charge in [0, 0.05) is 50.5 Å². The van der Waals surface area contributed by atoms with Crippen molar-refractivity contribution in [3.63, 3.8) is 0 Å². The summed E-state index contributed by atoms with van der Waals surface area (Å²) < 4.78 is 12.1. The van der Waals surface area contributed by atoms with Crippen LogP contribution in [0.3, 0.4) is 0 Å². The Morgan fingerprint density at radius 1 is 0.943 bits per heavy atom. The molecule has 8 nitrogen and oxygen atoms in total. The zero-order chi connectivity index (χ0) is 26.2. The van der Waals surface area contributed by atoms with Crippen LogP contribution in [0, 0.1) is 28.8 Å². The van der Waals surface area contributed by atoms with E-state index >= 15 is 0 Å². The summed E-state index contributed by atoms with van der Waals surface area (Å²) in [6.07, 6.45) is 2.61. The lowest BCUT2D eigenvalue weighted by atomic mass is 9.96. The monoisotopic (exact) mass is 488 g/mol. The van der Waals surface area contributed by atoms with Gasteiger partial charge in [-0.15, -0.1) is 0 Å². The number of hydrogen-bond acceptors (Lipinski definition) is 7. The van der Waals surface area contributed by atoms with E-state index in [9.17, 15) is 14.5 Å². The predicted octanol–water partition coefficient (Wildman–Crippen LogP) is 3.82. The van der Waals surface area contributed by atoms with Gasteiger partial charge in [-0.2, -0.15) is 0 Å². The van der Waals surface area contributed by atoms with Crippen molar-refractivity contribution in [1.82, 2.24) is 9.80 Å². The number of hydrogen-bond donors (Lipinski definition) is 0. The van der Waals surface area contributed by atoms with Crippen LogP contribution in [0.5, 0.6) is 0 Å². The molecule has 35 heavy (non-hydrogen) atoms. The van der Waals surface area contributed by atoms with Gasteiger partial charge in [-0.25, -0.2) is 4.39 Å². The Morgan fingerprint density at radius 3 is 2.03 bits per heavy atom. The summed E-state index contributed by atoms with van der Waals surface area (Å²) in [5.41, 5.74) is 2.24. The van der Waals surface area contributed by atoms with Crippen LogP contribution in [0.1, 0.15) is 18.4 Å². The van der Waals surface area contributed by atoms with E-state index in [1.54, 1.807) is 30.3 Å². The molecular formula is C26H37FN4O4. The Hall–Kier alpha value is -3.17. The predicted molar refractivity (Wildman–Crippen MR) is 137 cm³/mol. The molecule has 2 aliphatic rings. The smallest absolute Gasteiger partial charge is 0.271 e. The number of halogens is 1. The fourth-order valence-electron chi connectivity index (χ4n) is 4.13. The first-order chi connectivity index (χ1) is 16.9. The van der Waals surface area contributed by atoms with Gasteiger partial charge in [-0.05, 0) is 64.0 Å². The van der Waals surface area contributed by atoms with E-state index in [1.807, 2.05) is 26.6 Å². The summed E-state index contributed by atoms with van der Waals surface area (Å²) in [5, 5.41) is 10.9. The van der Waals surface area contributed by atoms with Gasteiger partial charge in [0.25, 0.3) is 5.69 Å². The number of likely N-dealkylation sites (tertiary alicyclic amines) is 1. The van der Waals surface area contributed by atoms with Crippen LogP contribution in [-0.4, -0.2) is 81.2 Å². The standard InChI is InChI=1S/C17H26N4O2.C7H7F.2CH2O/c1-18-7-5-15(6-8-18)14-19-9-11-20(12-10-19)16-3-2-4-17(13-16)21(22)23;1-6-2-4-7(8)5-3-6;2*1-2/h2-4,13,15H,5-12,14H2,1H3;2-5H,1H3;2*1H2. The van der Waals surface area contributed by atoms with Gasteiger partial charge in [0.2, 0.25) is 0 Å². The molecule has 0 aromatic heterocycles. The second-order valence-corrected chi connectivity index (χ2v) is 8.61. The van der Waals surface area contributed by atoms with Crippen LogP contribution < -0.4 is 4.90 Å². The van der Waals surface area contributed by atoms with E-state index in [-0.39, 0.29) is 16.4 Å². The second-order valence-electron chi connectivity index (χ2n) is 8.61. The molecule has 2 saturated heterocycles. The van der Waals surface area contributed by atoms with E-state index in [1.165, 1.54) is 44.6 Å². The molecule has 0 atom stereocenters. The maximum Gasteiger partial charge on any atom is 0.271 e. The average Bonchev–Trinajstić information content (AvgIpc) is 2.90. The Morgan fingerprint density at radius 2 is 1.51 bits per heavy atom. The number of non-ortho nitro benzene ring substituents is 1. The quantitative estimate of drug-likeness (QED) is 0.478. The zero-order valence-corrected chi connectivity index (χ0v) is 20.8. The van der Waals surface area contributed by atoms with Gasteiger partial charge >= 0.3 is 0 Å². The average molecular weight is 489 g/mol. The molecule has 0 amide bonds. The number of rotatable bonds is 4. The number of benzene rings is 2. The lowest BCUT2D eigenvalue weighted by Gasteiger charge is -2.39. The van der Waals surface area contributed by atoms with E-state index in [0.29, 0.717) is 0 Å². The van der Waals surface area contributed by atoms with Crippen LogP contribution in [0.15, 0.2) is 48.5 Å². The SMILES string of the molecule is C=O.C=O.CN1CCC(CN2CCN(c3cccc([N+](=O)[O-])c3)CC2)CC1.Cc1ccc(F)cc1. The Labute approximate surface area is 207 Å². The summed E-state index contributed by atoms with van der Waals surface area (Å²) in [6.45, 7) is 13.6. The number of nitro benzene ring substituents is 1. The highest BCUT2D eigenvalue weighted by atomic mass is 19.1. The zero-order valence-electron chi connectivity index (χ0n) is 20.8. The number of nitro groups is 1. The minimum absolute atomic E-state index is 0.171. The van der Waals surface area contributed by atoms with Crippen molar-refractivity contribution >= 4 is 25.0 Å². The van der Waals surface area contributed by atoms with Crippen molar-refractivity contribution in [2.75, 3.05) is 57.8 Å². The van der Waals surface area contributed by atoms with Crippen LogP contribution >= 0.6 is 0 Å². The molecule has 192 valence electrons. The third-order valence-corrected chi connectivity index (χ3v) is 6.14. The third kappa shape index (κ3) is 10.7. The minimum atomic E-state index is -0.320. The first kappa shape index (κ1) is 29.9. The van der Waals surface area contributed by atoms with Crippen LogP contribution in [0.25, 0.3) is 0 Å². The first-order valence-corrected chi connectivity index (χ1v) is 11.6. The van der Waals surface area contributed by atoms with Crippen molar-refractivity contribution in [3.05, 3.63) is 70.0 Å². The number of piperazine rings is 1. The first-order valence-electron chi connectivity index (χ1n) is 11.6. The Bertz CT molecular complexity index is 845. The van der Waals surface area contributed by atoms with Gasteiger partial charge in [-0.3, -0.25) is 15.0 Å². The van der Waals surface area contributed by atoms with Crippen LogP contribution in [0.2, 0.25) is 0 Å². The molecule has 2 aliphatic heterocycles. The number of carbonyl (C=O) groups excluding carboxylic acids is 2. The lowest BCUT2D eigenvalue weighted by Crippen LogP contribution is -2.48. The topological polar surface area (TPSA) is 87.0 Å². The summed E-state index contributed by atoms with van der Waals surface area (Å²) in [4.78, 5) is 33.8. The molecule has 2 aromatic rings. The largest absolute Gasteiger partial charge is 0.369 e. The van der Waals surface area contributed by atoms with Gasteiger partial charge in [0.05, 0.1) is 4.92 Å². The highest BCUT2D eigenvalue weighted by Gasteiger charge is 2.23. The van der Waals surface area contributed by atoms with E-state index in [4.69, 9.17) is 9.59 Å². The summed E-state index contributed by atoms with van der Waals surface area (Å²) in [5.74, 6) is 0.658. The third-order valence-electron chi connectivity index (χ3n) is 6.14. The Balaban J connectivity index is 0.000000427. The number of carbonyl (C=O) groups is 2. The fraction of sp³-hybridized carbons (Fsp3) is 0.462. The minimum Gasteiger partial charge on any atom is -0.369 e. The van der Waals surface area contributed by atoms with Gasteiger partial charge in [0.1, 0.15) is 19.4 Å². The fourth-order valence-corrected chi connectivity index (χ4v) is 4.13. The summed E-state index contributed by atoms with van der Waals surface area (Å²) >= 11 is 0. The highest BCUT2D eigenvalue weighted by molar-refractivity contribution is 5.53. The van der Waals surface area contributed by atoms with E-state index in [0.717, 1.165) is 43.3 Å². The summed E-state index contributed by atoms with van der Waals surface area (Å²) in [6, 6.07) is 13.4. The van der Waals surface area contributed by atoms with Crippen molar-refractivity contribution in [2.45, 2.75) is 19.8 Å². The van der Waals surface area contributed by atoms with Gasteiger partial charge < -0.3 is 19.4 Å². The van der Waals surface area contributed by atoms with Crippen LogP contribution in [-0.2, 0) is 9.59 Å². The number of nitrogens with zero attached hydrogens (tertiary/aromatic N) is 4. The molecule has 0 spiro atoms. The number of aryl methyl sites for hydroxylation is 1. The molecule has 9 heteroatoms. The van der Waals surface area contributed by atoms with E-state index in [2.05, 4.69) is 21.7 Å². The lowest BCUT2D eigenvalue weighted by molar-refractivity contribution is -0.384. The molecule has 0 bridgehead atoms. The van der Waals surface area contributed by atoms with Crippen LogP contribution in [0.4, 0.5) is 15.8 Å². The molecular weight excluding hydrogens is 451 g/mol. The van der Waals surface area contributed by atoms with Gasteiger partial charge in [0.15, 0.2) is 0 Å². The maximum atomic E-state index is 12.1. The summed E-state index contributed by atoms with van der Waals surface area (Å²) in [7, 11) is 2.20. The normalized spacial score (nSPS) is 16.5. The number of piperidine rings is 1. The van der Waals surface area contributed by atoms with Crippen molar-refractivity contribution in [2.24, 2.45) is 5.92 Å². The molecule has 2 heterocycles. The Kier molecular flexibility index (Phi) is 14.0. The maximum absolute atomic E-state index is 12.1. The molecule has 0 saturated carbocycles. The molecule has 4 rings (SSSR count). The number of anilines is 1. The van der Waals surface area contributed by atoms with Crippen molar-refractivity contribution in [1.29, 1.82) is 0 Å². The van der Waals surface area contributed by atoms with E-state index < -0.39 is 0 Å². The molecule has 2 aromatic carbocycles. The second kappa shape index (κ2) is 16.5. The molecule has 2 fully saturated rings. The highest BCUT2D eigenvalue weighted by Crippen LogP contribution is 2.23. The molecule has 0 aliphatic carbocycles. The molecule has 0 unspecified atom stereocenters.